The largest absolute Gasteiger partial charge is 0.378 e. The van der Waals surface area contributed by atoms with E-state index >= 15 is 0 Å². The van der Waals surface area contributed by atoms with Crippen LogP contribution in [0, 0.1) is 18.7 Å². The van der Waals surface area contributed by atoms with E-state index < -0.39 is 0 Å². The van der Waals surface area contributed by atoms with Gasteiger partial charge in [-0.25, -0.2) is 4.39 Å². The number of hydrogen-bond donors (Lipinski definition) is 1. The van der Waals surface area contributed by atoms with Crippen LogP contribution >= 0.6 is 0 Å². The molecular weight excluding hydrogens is 277 g/mol. The Morgan fingerprint density at radius 2 is 1.95 bits per heavy atom. The average molecular weight is 297 g/mol. The Morgan fingerprint density at radius 3 is 2.77 bits per heavy atom. The smallest absolute Gasteiger partial charge is 0.123 e. The van der Waals surface area contributed by atoms with Gasteiger partial charge in [0.1, 0.15) is 5.82 Å². The second kappa shape index (κ2) is 5.40. The van der Waals surface area contributed by atoms with E-state index in [4.69, 9.17) is 4.74 Å². The molecule has 3 heteroatoms. The van der Waals surface area contributed by atoms with Crippen LogP contribution in [-0.2, 0) is 4.74 Å². The highest BCUT2D eigenvalue weighted by molar-refractivity contribution is 5.58. The molecule has 0 spiro atoms. The minimum absolute atomic E-state index is 0.139. The van der Waals surface area contributed by atoms with Crippen molar-refractivity contribution in [2.24, 2.45) is 5.92 Å². The van der Waals surface area contributed by atoms with Gasteiger partial charge in [0.2, 0.25) is 0 Å². The number of benzene rings is 2. The lowest BCUT2D eigenvalue weighted by molar-refractivity contribution is -0.0381. The lowest BCUT2D eigenvalue weighted by atomic mass is 9.77. The summed E-state index contributed by atoms with van der Waals surface area (Å²) in [6, 6.07) is 13.5. The van der Waals surface area contributed by atoms with Gasteiger partial charge in [0.05, 0.1) is 12.1 Å². The molecule has 2 aromatic rings. The summed E-state index contributed by atoms with van der Waals surface area (Å²) in [7, 11) is 0. The Kier molecular flexibility index (Phi) is 3.38. The van der Waals surface area contributed by atoms with Gasteiger partial charge in [0.25, 0.3) is 0 Å². The number of rotatable bonds is 1. The summed E-state index contributed by atoms with van der Waals surface area (Å²) in [5.41, 5.74) is 4.80. The lowest BCUT2D eigenvalue weighted by Crippen LogP contribution is -2.36. The zero-order valence-corrected chi connectivity index (χ0v) is 12.7. The molecule has 0 saturated carbocycles. The van der Waals surface area contributed by atoms with Gasteiger partial charge in [-0.1, -0.05) is 29.8 Å². The van der Waals surface area contributed by atoms with Crippen molar-refractivity contribution < 1.29 is 9.13 Å². The fourth-order valence-corrected chi connectivity index (χ4v) is 3.79. The third-order valence-corrected chi connectivity index (χ3v) is 4.85. The van der Waals surface area contributed by atoms with E-state index in [1.54, 1.807) is 12.1 Å². The highest BCUT2D eigenvalue weighted by atomic mass is 19.1. The predicted molar refractivity (Wildman–Crippen MR) is 85.4 cm³/mol. The van der Waals surface area contributed by atoms with Gasteiger partial charge in [-0.15, -0.1) is 0 Å². The Balaban J connectivity index is 1.77. The molecule has 2 aliphatic heterocycles. The maximum Gasteiger partial charge on any atom is 0.123 e. The van der Waals surface area contributed by atoms with Gasteiger partial charge in [-0.05, 0) is 43.5 Å². The minimum Gasteiger partial charge on any atom is -0.378 e. The number of hydrogen-bond acceptors (Lipinski definition) is 2. The molecule has 0 aromatic heterocycles. The summed E-state index contributed by atoms with van der Waals surface area (Å²) in [6.07, 6.45) is 2.36. The molecule has 2 aromatic carbocycles. The number of fused-ring (bicyclic) bond motifs is 3. The number of nitrogens with one attached hydrogen (secondary N) is 1. The first-order chi connectivity index (χ1) is 10.7. The van der Waals surface area contributed by atoms with Crippen LogP contribution in [0.3, 0.4) is 0 Å². The Labute approximate surface area is 130 Å². The second-order valence-corrected chi connectivity index (χ2v) is 6.36. The molecule has 0 amide bonds. The first kappa shape index (κ1) is 13.8. The molecule has 0 aliphatic carbocycles. The number of anilines is 1. The van der Waals surface area contributed by atoms with Crippen molar-refractivity contribution in [2.45, 2.75) is 31.9 Å². The molecule has 2 nitrogen and oxygen atoms in total. The normalized spacial score (nSPS) is 26.7. The third kappa shape index (κ3) is 2.30. The van der Waals surface area contributed by atoms with E-state index in [1.807, 2.05) is 12.1 Å². The van der Waals surface area contributed by atoms with Crippen LogP contribution in [0.15, 0.2) is 42.5 Å². The van der Waals surface area contributed by atoms with Crippen molar-refractivity contribution in [1.29, 1.82) is 0 Å². The summed E-state index contributed by atoms with van der Waals surface area (Å²) >= 11 is 0. The maximum atomic E-state index is 13.2. The molecule has 0 radical (unpaired) electrons. The average Bonchev–Trinajstić information content (AvgIpc) is 2.55. The van der Waals surface area contributed by atoms with Crippen molar-refractivity contribution in [1.82, 2.24) is 0 Å². The topological polar surface area (TPSA) is 21.3 Å². The molecule has 1 saturated heterocycles. The van der Waals surface area contributed by atoms with E-state index in [0.29, 0.717) is 5.92 Å². The molecule has 1 unspecified atom stereocenters. The second-order valence-electron chi connectivity index (χ2n) is 6.36. The molecule has 2 aliphatic rings. The van der Waals surface area contributed by atoms with Crippen molar-refractivity contribution >= 4 is 5.69 Å². The van der Waals surface area contributed by atoms with E-state index in [-0.39, 0.29) is 18.0 Å². The zero-order chi connectivity index (χ0) is 15.1. The quantitative estimate of drug-likeness (QED) is 0.818. The summed E-state index contributed by atoms with van der Waals surface area (Å²) < 4.78 is 19.3. The summed E-state index contributed by atoms with van der Waals surface area (Å²) in [5, 5.41) is 3.66. The first-order valence-corrected chi connectivity index (χ1v) is 7.96. The molecule has 1 N–H and O–H groups in total. The monoisotopic (exact) mass is 297 g/mol. The number of halogens is 1. The van der Waals surface area contributed by atoms with E-state index in [0.717, 1.165) is 30.7 Å². The van der Waals surface area contributed by atoms with E-state index in [9.17, 15) is 4.39 Å². The van der Waals surface area contributed by atoms with Crippen LogP contribution in [0.4, 0.5) is 10.1 Å². The summed E-state index contributed by atoms with van der Waals surface area (Å²) in [4.78, 5) is 0. The molecule has 4 rings (SSSR count). The van der Waals surface area contributed by atoms with Gasteiger partial charge in [0.15, 0.2) is 0 Å². The Morgan fingerprint density at radius 1 is 1.14 bits per heavy atom. The number of ether oxygens (including phenoxy) is 1. The molecule has 1 fully saturated rings. The molecule has 22 heavy (non-hydrogen) atoms. The fraction of sp³-hybridized carbons (Fsp3) is 0.368. The number of aryl methyl sites for hydroxylation is 1. The summed E-state index contributed by atoms with van der Waals surface area (Å²) in [6.45, 7) is 2.94. The maximum absolute atomic E-state index is 13.2. The SMILES string of the molecule is Cc1ccc2c(c1)[C@H]1OCCC[C@H]1C(c1ccc(F)cc1)N2. The highest BCUT2D eigenvalue weighted by Gasteiger charge is 2.39. The lowest BCUT2D eigenvalue weighted by Gasteiger charge is -2.43. The van der Waals surface area contributed by atoms with Crippen molar-refractivity contribution in [3.05, 3.63) is 65.0 Å². The van der Waals surface area contributed by atoms with Gasteiger partial charge < -0.3 is 10.1 Å². The zero-order valence-electron chi connectivity index (χ0n) is 12.7. The fourth-order valence-electron chi connectivity index (χ4n) is 3.79. The standard InChI is InChI=1S/C19H20FNO/c1-12-4-9-17-16(11-12)19-15(3-2-10-22-19)18(21-17)13-5-7-14(20)8-6-13/h4-9,11,15,18-19,21H,2-3,10H2,1H3/t15-,18?,19-/m0/s1. The van der Waals surface area contributed by atoms with Crippen LogP contribution in [-0.4, -0.2) is 6.61 Å². The van der Waals surface area contributed by atoms with Crippen LogP contribution in [0.25, 0.3) is 0 Å². The van der Waals surface area contributed by atoms with Gasteiger partial charge in [-0.2, -0.15) is 0 Å². The first-order valence-electron chi connectivity index (χ1n) is 7.96. The summed E-state index contributed by atoms with van der Waals surface area (Å²) in [5.74, 6) is 0.209. The van der Waals surface area contributed by atoms with Crippen LogP contribution in [0.5, 0.6) is 0 Å². The van der Waals surface area contributed by atoms with Crippen LogP contribution in [0.1, 0.15) is 41.7 Å². The molecule has 3 atom stereocenters. The molecular formula is C19H20FNO. The van der Waals surface area contributed by atoms with Gasteiger partial charge >= 0.3 is 0 Å². The van der Waals surface area contributed by atoms with Crippen molar-refractivity contribution in [3.63, 3.8) is 0 Å². The van der Waals surface area contributed by atoms with E-state index in [2.05, 4.69) is 30.4 Å². The van der Waals surface area contributed by atoms with Crippen molar-refractivity contribution in [3.8, 4) is 0 Å². The van der Waals surface area contributed by atoms with Crippen LogP contribution < -0.4 is 5.32 Å². The predicted octanol–water partition coefficient (Wildman–Crippen LogP) is 4.77. The Bertz CT molecular complexity index is 682. The minimum atomic E-state index is -0.188. The third-order valence-electron chi connectivity index (χ3n) is 4.85. The van der Waals surface area contributed by atoms with Gasteiger partial charge in [0, 0.05) is 23.8 Å². The molecule has 2 heterocycles. The molecule has 0 bridgehead atoms. The van der Waals surface area contributed by atoms with Crippen LogP contribution in [0.2, 0.25) is 0 Å². The van der Waals surface area contributed by atoms with Crippen molar-refractivity contribution in [2.75, 3.05) is 11.9 Å². The van der Waals surface area contributed by atoms with E-state index in [1.165, 1.54) is 11.1 Å². The highest BCUT2D eigenvalue weighted by Crippen LogP contribution is 2.49. The van der Waals surface area contributed by atoms with Gasteiger partial charge in [-0.3, -0.25) is 0 Å². The Hall–Kier alpha value is -1.87. The molecule has 114 valence electrons.